The van der Waals surface area contributed by atoms with Crippen LogP contribution in [0.1, 0.15) is 25.1 Å². The summed E-state index contributed by atoms with van der Waals surface area (Å²) in [6, 6.07) is 17.2. The van der Waals surface area contributed by atoms with Crippen LogP contribution in [0.2, 0.25) is 0 Å². The Labute approximate surface area is 169 Å². The molecule has 0 saturated heterocycles. The third-order valence-corrected chi connectivity index (χ3v) is 4.97. The minimum absolute atomic E-state index is 0.0831. The van der Waals surface area contributed by atoms with Crippen molar-refractivity contribution in [2.24, 2.45) is 0 Å². The highest BCUT2D eigenvalue weighted by Crippen LogP contribution is 2.24. The fraction of sp³-hybridized carbons (Fsp3) is 0.273. The summed E-state index contributed by atoms with van der Waals surface area (Å²) >= 11 is 1.79. The fourth-order valence-electron chi connectivity index (χ4n) is 2.60. The standard InChI is InChI=1S/C22H23NO4S/c1-15(2)28-20-10-4-16(5-11-20)12-22(24)26-14-18-13-21(27-23-18)17-6-8-19(25-3)9-7-17/h4-11,13,15H,12,14H2,1-3H3. The van der Waals surface area contributed by atoms with Crippen LogP contribution >= 0.6 is 11.8 Å². The molecule has 5 nitrogen and oxygen atoms in total. The molecule has 0 spiro atoms. The van der Waals surface area contributed by atoms with Crippen molar-refractivity contribution < 1.29 is 18.8 Å². The van der Waals surface area contributed by atoms with Crippen molar-refractivity contribution in [2.45, 2.75) is 37.0 Å². The zero-order valence-corrected chi connectivity index (χ0v) is 17.0. The molecular weight excluding hydrogens is 374 g/mol. The van der Waals surface area contributed by atoms with Gasteiger partial charge in [-0.15, -0.1) is 11.8 Å². The highest BCUT2D eigenvalue weighted by atomic mass is 32.2. The third-order valence-electron chi connectivity index (χ3n) is 3.96. The van der Waals surface area contributed by atoms with E-state index < -0.39 is 0 Å². The molecule has 0 amide bonds. The first-order chi connectivity index (χ1) is 13.5. The predicted molar refractivity (Wildman–Crippen MR) is 109 cm³/mol. The van der Waals surface area contributed by atoms with E-state index in [4.69, 9.17) is 14.0 Å². The minimum Gasteiger partial charge on any atom is -0.497 e. The van der Waals surface area contributed by atoms with Gasteiger partial charge in [0.2, 0.25) is 0 Å². The lowest BCUT2D eigenvalue weighted by atomic mass is 10.1. The molecule has 0 aliphatic rings. The third kappa shape index (κ3) is 5.63. The molecule has 0 N–H and O–H groups in total. The largest absolute Gasteiger partial charge is 0.497 e. The van der Waals surface area contributed by atoms with Crippen molar-refractivity contribution in [3.05, 3.63) is 65.9 Å². The Morgan fingerprint density at radius 1 is 1.11 bits per heavy atom. The van der Waals surface area contributed by atoms with Crippen molar-refractivity contribution in [1.29, 1.82) is 0 Å². The van der Waals surface area contributed by atoms with Gasteiger partial charge in [-0.2, -0.15) is 0 Å². The normalized spacial score (nSPS) is 10.9. The number of carbonyl (C=O) groups excluding carboxylic acids is 1. The number of ether oxygens (including phenoxy) is 2. The zero-order valence-electron chi connectivity index (χ0n) is 16.2. The monoisotopic (exact) mass is 397 g/mol. The van der Waals surface area contributed by atoms with E-state index in [-0.39, 0.29) is 19.0 Å². The highest BCUT2D eigenvalue weighted by molar-refractivity contribution is 7.99. The van der Waals surface area contributed by atoms with E-state index in [1.54, 1.807) is 24.9 Å². The molecule has 0 atom stereocenters. The first-order valence-electron chi connectivity index (χ1n) is 9.04. The van der Waals surface area contributed by atoms with E-state index in [0.29, 0.717) is 16.7 Å². The van der Waals surface area contributed by atoms with Crippen LogP contribution in [0.3, 0.4) is 0 Å². The van der Waals surface area contributed by atoms with E-state index in [2.05, 4.69) is 19.0 Å². The van der Waals surface area contributed by atoms with Crippen molar-refractivity contribution in [3.8, 4) is 17.1 Å². The highest BCUT2D eigenvalue weighted by Gasteiger charge is 2.11. The summed E-state index contributed by atoms with van der Waals surface area (Å²) in [6.45, 7) is 4.39. The summed E-state index contributed by atoms with van der Waals surface area (Å²) < 4.78 is 15.8. The van der Waals surface area contributed by atoms with Crippen LogP contribution in [0.4, 0.5) is 0 Å². The number of carbonyl (C=O) groups is 1. The van der Waals surface area contributed by atoms with E-state index >= 15 is 0 Å². The van der Waals surface area contributed by atoms with E-state index in [1.807, 2.05) is 48.5 Å². The van der Waals surface area contributed by atoms with E-state index in [9.17, 15) is 4.79 Å². The lowest BCUT2D eigenvalue weighted by molar-refractivity contribution is -0.144. The Hall–Kier alpha value is -2.73. The molecular formula is C22H23NO4S. The van der Waals surface area contributed by atoms with Gasteiger partial charge in [-0.05, 0) is 42.0 Å². The lowest BCUT2D eigenvalue weighted by Crippen LogP contribution is -2.08. The van der Waals surface area contributed by atoms with Gasteiger partial charge >= 0.3 is 5.97 Å². The molecule has 0 aliphatic heterocycles. The SMILES string of the molecule is COc1ccc(-c2cc(COC(=O)Cc3ccc(SC(C)C)cc3)no2)cc1. The Kier molecular flexibility index (Phi) is 6.76. The smallest absolute Gasteiger partial charge is 0.310 e. The summed E-state index contributed by atoms with van der Waals surface area (Å²) in [4.78, 5) is 13.3. The molecule has 0 saturated carbocycles. The van der Waals surface area contributed by atoms with Crippen LogP contribution < -0.4 is 4.74 Å². The molecule has 28 heavy (non-hydrogen) atoms. The Morgan fingerprint density at radius 3 is 2.46 bits per heavy atom. The first-order valence-corrected chi connectivity index (χ1v) is 9.92. The van der Waals surface area contributed by atoms with E-state index in [0.717, 1.165) is 16.9 Å². The van der Waals surface area contributed by atoms with Gasteiger partial charge in [-0.25, -0.2) is 0 Å². The average Bonchev–Trinajstić information content (AvgIpc) is 3.17. The average molecular weight is 397 g/mol. The van der Waals surface area contributed by atoms with Crippen LogP contribution in [0.25, 0.3) is 11.3 Å². The van der Waals surface area contributed by atoms with Crippen LogP contribution in [0.5, 0.6) is 5.75 Å². The molecule has 146 valence electrons. The predicted octanol–water partition coefficient (Wildman–Crippen LogP) is 5.14. The number of aromatic nitrogens is 1. The number of thioether (sulfide) groups is 1. The molecule has 6 heteroatoms. The summed E-state index contributed by atoms with van der Waals surface area (Å²) in [6.07, 6.45) is 0.232. The Bertz CT molecular complexity index is 901. The fourth-order valence-corrected chi connectivity index (χ4v) is 3.44. The number of hydrogen-bond donors (Lipinski definition) is 0. The molecule has 0 bridgehead atoms. The van der Waals surface area contributed by atoms with Crippen molar-refractivity contribution >= 4 is 17.7 Å². The van der Waals surface area contributed by atoms with Gasteiger partial charge in [0.05, 0.1) is 13.5 Å². The van der Waals surface area contributed by atoms with Crippen LogP contribution in [-0.2, 0) is 22.6 Å². The summed E-state index contributed by atoms with van der Waals surface area (Å²) in [5.74, 6) is 1.10. The lowest BCUT2D eigenvalue weighted by Gasteiger charge is -2.06. The van der Waals surface area contributed by atoms with E-state index in [1.165, 1.54) is 4.90 Å². The maximum absolute atomic E-state index is 12.1. The molecule has 1 heterocycles. The van der Waals surface area contributed by atoms with Crippen molar-refractivity contribution in [1.82, 2.24) is 5.16 Å². The second-order valence-electron chi connectivity index (χ2n) is 6.56. The number of nitrogens with zero attached hydrogens (tertiary/aromatic N) is 1. The first kappa shape index (κ1) is 20.0. The zero-order chi connectivity index (χ0) is 19.9. The molecule has 0 fully saturated rings. The van der Waals surface area contributed by atoms with Gasteiger partial charge in [0.15, 0.2) is 5.76 Å². The molecule has 3 rings (SSSR count). The number of hydrogen-bond acceptors (Lipinski definition) is 6. The van der Waals surface area contributed by atoms with Gasteiger partial charge in [0, 0.05) is 21.8 Å². The maximum Gasteiger partial charge on any atom is 0.310 e. The molecule has 1 aromatic heterocycles. The van der Waals surface area contributed by atoms with Crippen molar-refractivity contribution in [3.63, 3.8) is 0 Å². The molecule has 0 radical (unpaired) electrons. The second kappa shape index (κ2) is 9.46. The van der Waals surface area contributed by atoms with Crippen molar-refractivity contribution in [2.75, 3.05) is 7.11 Å². The van der Waals surface area contributed by atoms with Crippen LogP contribution in [-0.4, -0.2) is 23.5 Å². The van der Waals surface area contributed by atoms with Gasteiger partial charge in [0.1, 0.15) is 18.1 Å². The Balaban J connectivity index is 1.51. The number of methoxy groups -OCH3 is 1. The van der Waals surface area contributed by atoms with Gasteiger partial charge in [-0.1, -0.05) is 31.1 Å². The number of benzene rings is 2. The van der Waals surface area contributed by atoms with Gasteiger partial charge in [0.25, 0.3) is 0 Å². The second-order valence-corrected chi connectivity index (χ2v) is 8.21. The summed E-state index contributed by atoms with van der Waals surface area (Å²) in [5.41, 5.74) is 2.38. The van der Waals surface area contributed by atoms with Crippen LogP contribution in [0, 0.1) is 0 Å². The molecule has 3 aromatic rings. The summed E-state index contributed by atoms with van der Waals surface area (Å²) in [7, 11) is 1.62. The molecule has 0 aliphatic carbocycles. The molecule has 0 unspecified atom stereocenters. The van der Waals surface area contributed by atoms with Crippen LogP contribution in [0.15, 0.2) is 64.0 Å². The van der Waals surface area contributed by atoms with Gasteiger partial charge in [-0.3, -0.25) is 4.79 Å². The molecule has 2 aromatic carbocycles. The number of esters is 1. The topological polar surface area (TPSA) is 61.6 Å². The maximum atomic E-state index is 12.1. The minimum atomic E-state index is -0.293. The summed E-state index contributed by atoms with van der Waals surface area (Å²) in [5, 5.41) is 4.50. The Morgan fingerprint density at radius 2 is 1.82 bits per heavy atom. The van der Waals surface area contributed by atoms with Gasteiger partial charge < -0.3 is 14.0 Å². The number of rotatable bonds is 8. The quantitative estimate of drug-likeness (QED) is 0.388.